The number of ether oxygens (including phenoxy) is 1. The molecule has 1 aromatic carbocycles. The van der Waals surface area contributed by atoms with Gasteiger partial charge in [-0.25, -0.2) is 4.68 Å². The number of hydrogen-bond acceptors (Lipinski definition) is 3. The summed E-state index contributed by atoms with van der Waals surface area (Å²) in [5, 5.41) is 7.84. The zero-order valence-electron chi connectivity index (χ0n) is 11.9. The van der Waals surface area contributed by atoms with Crippen LogP contribution in [0.5, 0.6) is 0 Å². The van der Waals surface area contributed by atoms with Crippen molar-refractivity contribution in [1.29, 1.82) is 0 Å². The molecule has 0 fully saturated rings. The Labute approximate surface area is 120 Å². The third kappa shape index (κ3) is 4.64. The van der Waals surface area contributed by atoms with E-state index in [-0.39, 0.29) is 0 Å². The van der Waals surface area contributed by atoms with Gasteiger partial charge in [-0.2, -0.15) is 5.10 Å². The highest BCUT2D eigenvalue weighted by Crippen LogP contribution is 2.06. The van der Waals surface area contributed by atoms with Gasteiger partial charge >= 0.3 is 0 Å². The number of benzene rings is 1. The molecule has 0 aliphatic heterocycles. The Hall–Kier alpha value is -1.91. The van der Waals surface area contributed by atoms with E-state index in [0.29, 0.717) is 13.2 Å². The van der Waals surface area contributed by atoms with Crippen molar-refractivity contribution in [3.05, 3.63) is 60.4 Å². The summed E-state index contributed by atoms with van der Waals surface area (Å²) >= 11 is 0. The van der Waals surface area contributed by atoms with Crippen LogP contribution in [0.15, 0.2) is 54.7 Å². The lowest BCUT2D eigenvalue weighted by Crippen LogP contribution is -2.20. The first kappa shape index (κ1) is 14.5. The number of para-hydroxylation sites is 1. The summed E-state index contributed by atoms with van der Waals surface area (Å²) < 4.78 is 7.30. The van der Waals surface area contributed by atoms with Crippen LogP contribution in [-0.2, 0) is 11.3 Å². The lowest BCUT2D eigenvalue weighted by molar-refractivity contribution is 0.157. The Bertz CT molecular complexity index is 534. The number of hydrogen-bond donors (Lipinski definition) is 1. The van der Waals surface area contributed by atoms with Gasteiger partial charge in [-0.05, 0) is 25.1 Å². The highest BCUT2D eigenvalue weighted by molar-refractivity contribution is 5.30. The molecule has 4 heteroatoms. The predicted octanol–water partition coefficient (Wildman–Crippen LogP) is 2.55. The van der Waals surface area contributed by atoms with Crippen LogP contribution in [-0.4, -0.2) is 29.5 Å². The second-order valence-corrected chi connectivity index (χ2v) is 4.77. The average Bonchev–Trinajstić information content (AvgIpc) is 2.92. The Morgan fingerprint density at radius 1 is 1.30 bits per heavy atom. The van der Waals surface area contributed by atoms with Gasteiger partial charge in [0, 0.05) is 19.3 Å². The fraction of sp³-hybridized carbons (Fsp3) is 0.312. The largest absolute Gasteiger partial charge is 0.376 e. The third-order valence-electron chi connectivity index (χ3n) is 2.74. The van der Waals surface area contributed by atoms with Crippen LogP contribution in [0, 0.1) is 0 Å². The molecule has 0 saturated carbocycles. The van der Waals surface area contributed by atoms with Crippen LogP contribution in [0.2, 0.25) is 0 Å². The molecule has 0 atom stereocenters. The predicted molar refractivity (Wildman–Crippen MR) is 80.9 cm³/mol. The van der Waals surface area contributed by atoms with Crippen LogP contribution < -0.4 is 5.32 Å². The minimum absolute atomic E-state index is 0.629. The summed E-state index contributed by atoms with van der Waals surface area (Å²) in [7, 11) is 0. The van der Waals surface area contributed by atoms with E-state index in [1.54, 1.807) is 0 Å². The molecule has 0 saturated heterocycles. The van der Waals surface area contributed by atoms with Crippen molar-refractivity contribution in [2.75, 3.05) is 19.8 Å². The quantitative estimate of drug-likeness (QED) is 0.592. The van der Waals surface area contributed by atoms with Crippen molar-refractivity contribution in [3.8, 4) is 5.69 Å². The molecular weight excluding hydrogens is 250 g/mol. The standard InChI is InChI=1S/C16H21N3O/c1-14(2)13-20-11-9-17-12-15-8-10-19(18-15)16-6-4-3-5-7-16/h3-8,10,17H,1,9,11-13H2,2H3. The van der Waals surface area contributed by atoms with Gasteiger partial charge in [0.25, 0.3) is 0 Å². The first-order valence-corrected chi connectivity index (χ1v) is 6.78. The van der Waals surface area contributed by atoms with Crippen LogP contribution in [0.4, 0.5) is 0 Å². The molecule has 0 aliphatic rings. The van der Waals surface area contributed by atoms with Gasteiger partial charge in [0.2, 0.25) is 0 Å². The van der Waals surface area contributed by atoms with Crippen LogP contribution in [0.1, 0.15) is 12.6 Å². The molecule has 2 rings (SSSR count). The highest BCUT2D eigenvalue weighted by atomic mass is 16.5. The Morgan fingerprint density at radius 3 is 2.85 bits per heavy atom. The molecule has 1 N–H and O–H groups in total. The molecule has 1 heterocycles. The van der Waals surface area contributed by atoms with E-state index < -0.39 is 0 Å². The Morgan fingerprint density at radius 2 is 2.10 bits per heavy atom. The smallest absolute Gasteiger partial charge is 0.0766 e. The second kappa shape index (κ2) is 7.62. The van der Waals surface area contributed by atoms with E-state index in [4.69, 9.17) is 4.74 Å². The third-order valence-corrected chi connectivity index (χ3v) is 2.74. The first-order valence-electron chi connectivity index (χ1n) is 6.78. The van der Waals surface area contributed by atoms with Crippen molar-refractivity contribution >= 4 is 0 Å². The first-order chi connectivity index (χ1) is 9.75. The molecule has 0 amide bonds. The molecule has 0 bridgehead atoms. The maximum atomic E-state index is 5.42. The molecule has 0 spiro atoms. The summed E-state index contributed by atoms with van der Waals surface area (Å²) in [6, 6.07) is 12.1. The fourth-order valence-corrected chi connectivity index (χ4v) is 1.79. The van der Waals surface area contributed by atoms with E-state index in [9.17, 15) is 0 Å². The van der Waals surface area contributed by atoms with Gasteiger partial charge < -0.3 is 10.1 Å². The van der Waals surface area contributed by atoms with Gasteiger partial charge in [0.1, 0.15) is 0 Å². The molecule has 1 aromatic heterocycles. The monoisotopic (exact) mass is 271 g/mol. The van der Waals surface area contributed by atoms with Gasteiger partial charge in [-0.1, -0.05) is 30.4 Å². The molecule has 106 valence electrons. The maximum absolute atomic E-state index is 5.42. The fourth-order valence-electron chi connectivity index (χ4n) is 1.79. The van der Waals surface area contributed by atoms with Crippen molar-refractivity contribution in [2.45, 2.75) is 13.5 Å². The molecule has 0 aliphatic carbocycles. The van der Waals surface area contributed by atoms with Crippen molar-refractivity contribution in [2.24, 2.45) is 0 Å². The van der Waals surface area contributed by atoms with E-state index in [2.05, 4.69) is 17.0 Å². The number of rotatable bonds is 8. The summed E-state index contributed by atoms with van der Waals surface area (Å²) in [4.78, 5) is 0. The van der Waals surface area contributed by atoms with Crippen molar-refractivity contribution < 1.29 is 4.74 Å². The lowest BCUT2D eigenvalue weighted by atomic mass is 10.3. The topological polar surface area (TPSA) is 39.1 Å². The highest BCUT2D eigenvalue weighted by Gasteiger charge is 2.00. The van der Waals surface area contributed by atoms with E-state index in [0.717, 1.165) is 30.0 Å². The number of aromatic nitrogens is 2. The summed E-state index contributed by atoms with van der Waals surface area (Å²) in [6.07, 6.45) is 1.98. The summed E-state index contributed by atoms with van der Waals surface area (Å²) in [5.41, 5.74) is 3.14. The SMILES string of the molecule is C=C(C)COCCNCc1ccn(-c2ccccc2)n1. The molecular formula is C16H21N3O. The van der Waals surface area contributed by atoms with Crippen LogP contribution in [0.25, 0.3) is 5.69 Å². The molecule has 0 radical (unpaired) electrons. The summed E-state index contributed by atoms with van der Waals surface area (Å²) in [6.45, 7) is 8.63. The van der Waals surface area contributed by atoms with Crippen LogP contribution >= 0.6 is 0 Å². The van der Waals surface area contributed by atoms with E-state index in [1.165, 1.54) is 0 Å². The van der Waals surface area contributed by atoms with E-state index >= 15 is 0 Å². The second-order valence-electron chi connectivity index (χ2n) is 4.77. The zero-order chi connectivity index (χ0) is 14.2. The lowest BCUT2D eigenvalue weighted by Gasteiger charge is -2.04. The molecule has 4 nitrogen and oxygen atoms in total. The molecule has 2 aromatic rings. The molecule has 0 unspecified atom stereocenters. The Kier molecular flexibility index (Phi) is 5.53. The molecule has 20 heavy (non-hydrogen) atoms. The average molecular weight is 271 g/mol. The van der Waals surface area contributed by atoms with Gasteiger partial charge in [-0.15, -0.1) is 0 Å². The minimum Gasteiger partial charge on any atom is -0.376 e. The van der Waals surface area contributed by atoms with Gasteiger partial charge in [0.05, 0.1) is 24.6 Å². The van der Waals surface area contributed by atoms with E-state index in [1.807, 2.05) is 54.2 Å². The van der Waals surface area contributed by atoms with Crippen LogP contribution in [0.3, 0.4) is 0 Å². The Balaban J connectivity index is 1.72. The number of nitrogens with zero attached hydrogens (tertiary/aromatic N) is 2. The number of nitrogens with one attached hydrogen (secondary N) is 1. The normalized spacial score (nSPS) is 10.7. The maximum Gasteiger partial charge on any atom is 0.0766 e. The minimum atomic E-state index is 0.629. The van der Waals surface area contributed by atoms with Gasteiger partial charge in [0.15, 0.2) is 0 Å². The summed E-state index contributed by atoms with van der Waals surface area (Å²) in [5.74, 6) is 0. The zero-order valence-corrected chi connectivity index (χ0v) is 11.9. The van der Waals surface area contributed by atoms with Gasteiger partial charge in [-0.3, -0.25) is 0 Å². The van der Waals surface area contributed by atoms with Crippen molar-refractivity contribution in [3.63, 3.8) is 0 Å². The van der Waals surface area contributed by atoms with Crippen molar-refractivity contribution in [1.82, 2.24) is 15.1 Å².